The van der Waals surface area contributed by atoms with Crippen LogP contribution in [0.1, 0.15) is 16.8 Å². The van der Waals surface area contributed by atoms with Crippen molar-refractivity contribution in [3.63, 3.8) is 0 Å². The maximum Gasteiger partial charge on any atom is 0.252 e. The van der Waals surface area contributed by atoms with Gasteiger partial charge in [-0.1, -0.05) is 15.9 Å². The zero-order valence-electron chi connectivity index (χ0n) is 9.65. The molecule has 1 heterocycles. The molecule has 1 unspecified atom stereocenters. The first kappa shape index (κ1) is 12.4. The second-order valence-corrected chi connectivity index (χ2v) is 5.21. The predicted molar refractivity (Wildman–Crippen MR) is 69.2 cm³/mol. The number of benzene rings is 1. The number of nitrogens with zero attached hydrogens (tertiary/aromatic N) is 1. The van der Waals surface area contributed by atoms with E-state index in [1.165, 1.54) is 0 Å². The van der Waals surface area contributed by atoms with Crippen molar-refractivity contribution >= 4 is 21.8 Å². The second-order valence-electron chi connectivity index (χ2n) is 4.30. The third-order valence-corrected chi connectivity index (χ3v) is 3.34. The minimum atomic E-state index is -0.465. The summed E-state index contributed by atoms with van der Waals surface area (Å²) in [5.41, 5.74) is 5.76. The number of carbonyl (C=O) groups excluding carboxylic acids is 1. The molecular weight excluding hydrogens is 284 g/mol. The van der Waals surface area contributed by atoms with E-state index < -0.39 is 5.91 Å². The van der Waals surface area contributed by atoms with E-state index in [2.05, 4.69) is 27.9 Å². The molecule has 0 bridgehead atoms. The molecule has 1 aliphatic rings. The number of primary amides is 1. The van der Waals surface area contributed by atoms with Crippen molar-refractivity contribution < 1.29 is 9.53 Å². The van der Waals surface area contributed by atoms with Crippen LogP contribution in [0.5, 0.6) is 5.75 Å². The van der Waals surface area contributed by atoms with Crippen molar-refractivity contribution in [3.8, 4) is 5.75 Å². The Kier molecular flexibility index (Phi) is 3.69. The SMILES string of the molecule is CN1CCC(Oc2ccc(Br)cc2C(N)=O)C1. The highest BCUT2D eigenvalue weighted by atomic mass is 79.9. The van der Waals surface area contributed by atoms with Crippen molar-refractivity contribution in [1.82, 2.24) is 4.90 Å². The molecule has 1 aromatic carbocycles. The van der Waals surface area contributed by atoms with E-state index in [1.807, 2.05) is 6.07 Å². The van der Waals surface area contributed by atoms with Crippen molar-refractivity contribution in [2.24, 2.45) is 5.73 Å². The Hall–Kier alpha value is -1.07. The van der Waals surface area contributed by atoms with Gasteiger partial charge in [-0.2, -0.15) is 0 Å². The van der Waals surface area contributed by atoms with Gasteiger partial charge >= 0.3 is 0 Å². The van der Waals surface area contributed by atoms with E-state index in [4.69, 9.17) is 10.5 Å². The molecule has 1 amide bonds. The van der Waals surface area contributed by atoms with Crippen molar-refractivity contribution in [2.45, 2.75) is 12.5 Å². The Morgan fingerprint density at radius 3 is 2.94 bits per heavy atom. The van der Waals surface area contributed by atoms with Crippen LogP contribution in [0, 0.1) is 0 Å². The molecule has 2 rings (SSSR count). The van der Waals surface area contributed by atoms with Crippen LogP contribution >= 0.6 is 15.9 Å². The third-order valence-electron chi connectivity index (χ3n) is 2.85. The predicted octanol–water partition coefficient (Wildman–Crippen LogP) is 1.63. The van der Waals surface area contributed by atoms with Crippen LogP contribution in [0.4, 0.5) is 0 Å². The van der Waals surface area contributed by atoms with Crippen molar-refractivity contribution in [1.29, 1.82) is 0 Å². The Bertz CT molecular complexity index is 437. The molecule has 17 heavy (non-hydrogen) atoms. The maximum atomic E-state index is 11.3. The number of ether oxygens (including phenoxy) is 1. The largest absolute Gasteiger partial charge is 0.488 e. The number of hydrogen-bond donors (Lipinski definition) is 1. The number of amides is 1. The van der Waals surface area contributed by atoms with E-state index in [-0.39, 0.29) is 6.10 Å². The smallest absolute Gasteiger partial charge is 0.252 e. The lowest BCUT2D eigenvalue weighted by molar-refractivity contribution is 0.0993. The molecule has 5 heteroatoms. The van der Waals surface area contributed by atoms with Crippen LogP contribution < -0.4 is 10.5 Å². The number of hydrogen-bond acceptors (Lipinski definition) is 3. The fraction of sp³-hybridized carbons (Fsp3) is 0.417. The highest BCUT2D eigenvalue weighted by molar-refractivity contribution is 9.10. The van der Waals surface area contributed by atoms with Gasteiger partial charge in [0, 0.05) is 17.6 Å². The fourth-order valence-corrected chi connectivity index (χ4v) is 2.33. The van der Waals surface area contributed by atoms with Crippen LogP contribution in [0.25, 0.3) is 0 Å². The molecule has 1 aliphatic heterocycles. The Morgan fingerprint density at radius 2 is 2.35 bits per heavy atom. The van der Waals surface area contributed by atoms with Crippen LogP contribution in [0.15, 0.2) is 22.7 Å². The first-order chi connectivity index (χ1) is 8.06. The van der Waals surface area contributed by atoms with E-state index in [1.54, 1.807) is 12.1 Å². The molecule has 92 valence electrons. The Morgan fingerprint density at radius 1 is 1.59 bits per heavy atom. The molecule has 2 N–H and O–H groups in total. The van der Waals surface area contributed by atoms with Gasteiger partial charge in [0.15, 0.2) is 0 Å². The summed E-state index contributed by atoms with van der Waals surface area (Å²) >= 11 is 3.32. The number of nitrogens with two attached hydrogens (primary N) is 1. The van der Waals surface area contributed by atoms with E-state index in [0.717, 1.165) is 24.0 Å². The number of carbonyl (C=O) groups is 1. The summed E-state index contributed by atoms with van der Waals surface area (Å²) in [6.45, 7) is 1.90. The van der Waals surface area contributed by atoms with Crippen LogP contribution in [-0.4, -0.2) is 37.0 Å². The zero-order chi connectivity index (χ0) is 12.4. The first-order valence-electron chi connectivity index (χ1n) is 5.51. The Labute approximate surface area is 109 Å². The third kappa shape index (κ3) is 2.98. The average molecular weight is 299 g/mol. The molecule has 0 aromatic heterocycles. The molecule has 1 fully saturated rings. The van der Waals surface area contributed by atoms with Crippen LogP contribution in [-0.2, 0) is 0 Å². The molecule has 1 saturated heterocycles. The average Bonchev–Trinajstić information content (AvgIpc) is 2.66. The molecule has 0 radical (unpaired) electrons. The molecular formula is C12H15BrN2O2. The normalized spacial score (nSPS) is 20.5. The highest BCUT2D eigenvalue weighted by Gasteiger charge is 2.22. The lowest BCUT2D eigenvalue weighted by atomic mass is 10.2. The monoisotopic (exact) mass is 298 g/mol. The number of likely N-dealkylation sites (N-methyl/N-ethyl adjacent to an activating group) is 1. The lowest BCUT2D eigenvalue weighted by Gasteiger charge is -2.16. The fourth-order valence-electron chi connectivity index (χ4n) is 1.97. The Balaban J connectivity index is 2.17. The summed E-state index contributed by atoms with van der Waals surface area (Å²) in [5.74, 6) is 0.105. The van der Waals surface area contributed by atoms with Gasteiger partial charge in [0.2, 0.25) is 0 Å². The van der Waals surface area contributed by atoms with Crippen LogP contribution in [0.2, 0.25) is 0 Å². The van der Waals surface area contributed by atoms with Crippen LogP contribution in [0.3, 0.4) is 0 Å². The van der Waals surface area contributed by atoms with Gasteiger partial charge in [-0.05, 0) is 31.7 Å². The second kappa shape index (κ2) is 5.06. The van der Waals surface area contributed by atoms with Crippen molar-refractivity contribution in [3.05, 3.63) is 28.2 Å². The van der Waals surface area contributed by atoms with Gasteiger partial charge in [0.1, 0.15) is 11.9 Å². The van der Waals surface area contributed by atoms with Gasteiger partial charge in [0.25, 0.3) is 5.91 Å². The zero-order valence-corrected chi connectivity index (χ0v) is 11.2. The summed E-state index contributed by atoms with van der Waals surface area (Å²) in [4.78, 5) is 13.5. The molecule has 4 nitrogen and oxygen atoms in total. The summed E-state index contributed by atoms with van der Waals surface area (Å²) in [7, 11) is 2.06. The summed E-state index contributed by atoms with van der Waals surface area (Å²) in [6, 6.07) is 5.32. The van der Waals surface area contributed by atoms with Gasteiger partial charge in [-0.15, -0.1) is 0 Å². The summed E-state index contributed by atoms with van der Waals surface area (Å²) in [6.07, 6.45) is 1.12. The van der Waals surface area contributed by atoms with Gasteiger partial charge in [0.05, 0.1) is 5.56 Å². The quantitative estimate of drug-likeness (QED) is 0.923. The lowest BCUT2D eigenvalue weighted by Crippen LogP contribution is -2.23. The first-order valence-corrected chi connectivity index (χ1v) is 6.30. The van der Waals surface area contributed by atoms with E-state index in [0.29, 0.717) is 11.3 Å². The number of halogens is 1. The molecule has 0 aliphatic carbocycles. The van der Waals surface area contributed by atoms with Crippen molar-refractivity contribution in [2.75, 3.05) is 20.1 Å². The van der Waals surface area contributed by atoms with E-state index in [9.17, 15) is 4.79 Å². The topological polar surface area (TPSA) is 55.6 Å². The number of rotatable bonds is 3. The van der Waals surface area contributed by atoms with Gasteiger partial charge in [-0.25, -0.2) is 0 Å². The maximum absolute atomic E-state index is 11.3. The summed E-state index contributed by atoms with van der Waals surface area (Å²) < 4.78 is 6.65. The molecule has 1 atom stereocenters. The standard InChI is InChI=1S/C12H15BrN2O2/c1-15-5-4-9(7-15)17-11-3-2-8(13)6-10(11)12(14)16/h2-3,6,9H,4-5,7H2,1H3,(H2,14,16). The van der Waals surface area contributed by atoms with E-state index >= 15 is 0 Å². The molecule has 1 aromatic rings. The van der Waals surface area contributed by atoms with Gasteiger partial charge in [-0.3, -0.25) is 4.79 Å². The van der Waals surface area contributed by atoms with Gasteiger partial charge < -0.3 is 15.4 Å². The molecule has 0 saturated carbocycles. The summed E-state index contributed by atoms with van der Waals surface area (Å²) in [5, 5.41) is 0. The minimum absolute atomic E-state index is 0.138. The molecule has 0 spiro atoms. The minimum Gasteiger partial charge on any atom is -0.488 e. The number of likely N-dealkylation sites (tertiary alicyclic amines) is 1. The highest BCUT2D eigenvalue weighted by Crippen LogP contribution is 2.25.